The van der Waals surface area contributed by atoms with Crippen molar-refractivity contribution in [3.63, 3.8) is 0 Å². The SMILES string of the molecule is COC(=O)C(NC1CCOC(C)C1)C1CC1. The normalized spacial score (nSPS) is 32.1. The first-order chi connectivity index (χ1) is 7.70. The van der Waals surface area contributed by atoms with Crippen LogP contribution in [-0.4, -0.2) is 37.9 Å². The van der Waals surface area contributed by atoms with Crippen LogP contribution in [-0.2, 0) is 14.3 Å². The summed E-state index contributed by atoms with van der Waals surface area (Å²) in [6.07, 6.45) is 4.56. The quantitative estimate of drug-likeness (QED) is 0.730. The van der Waals surface area contributed by atoms with Gasteiger partial charge in [0, 0.05) is 12.6 Å². The molecule has 4 nitrogen and oxygen atoms in total. The molecule has 1 saturated carbocycles. The van der Waals surface area contributed by atoms with Gasteiger partial charge in [0.25, 0.3) is 0 Å². The molecule has 1 N–H and O–H groups in total. The van der Waals surface area contributed by atoms with Crippen molar-refractivity contribution >= 4 is 5.97 Å². The lowest BCUT2D eigenvalue weighted by Crippen LogP contribution is -2.48. The molecule has 92 valence electrons. The third-order valence-electron chi connectivity index (χ3n) is 3.45. The second kappa shape index (κ2) is 5.15. The Morgan fingerprint density at radius 3 is 2.75 bits per heavy atom. The van der Waals surface area contributed by atoms with Gasteiger partial charge in [-0.1, -0.05) is 0 Å². The van der Waals surface area contributed by atoms with E-state index in [4.69, 9.17) is 9.47 Å². The van der Waals surface area contributed by atoms with E-state index in [0.29, 0.717) is 18.1 Å². The molecule has 3 atom stereocenters. The topological polar surface area (TPSA) is 47.6 Å². The van der Waals surface area contributed by atoms with E-state index in [0.717, 1.165) is 32.3 Å². The average molecular weight is 227 g/mol. The third-order valence-corrected chi connectivity index (χ3v) is 3.45. The molecule has 16 heavy (non-hydrogen) atoms. The van der Waals surface area contributed by atoms with Gasteiger partial charge >= 0.3 is 5.97 Å². The average Bonchev–Trinajstić information content (AvgIpc) is 3.09. The maximum atomic E-state index is 11.6. The predicted molar refractivity (Wildman–Crippen MR) is 60.1 cm³/mol. The molecule has 1 heterocycles. The first kappa shape index (κ1) is 11.9. The van der Waals surface area contributed by atoms with Crippen LogP contribution in [0.3, 0.4) is 0 Å². The predicted octanol–water partition coefficient (Wildman–Crippen LogP) is 1.10. The summed E-state index contributed by atoms with van der Waals surface area (Å²) in [4.78, 5) is 11.6. The summed E-state index contributed by atoms with van der Waals surface area (Å²) in [5.41, 5.74) is 0. The molecule has 2 aliphatic rings. The molecule has 1 aliphatic carbocycles. The largest absolute Gasteiger partial charge is 0.468 e. The number of nitrogens with one attached hydrogen (secondary N) is 1. The monoisotopic (exact) mass is 227 g/mol. The van der Waals surface area contributed by atoms with Crippen molar-refractivity contribution in [2.24, 2.45) is 5.92 Å². The highest BCUT2D eigenvalue weighted by Gasteiger charge is 2.38. The van der Waals surface area contributed by atoms with Crippen molar-refractivity contribution in [2.75, 3.05) is 13.7 Å². The van der Waals surface area contributed by atoms with E-state index in [2.05, 4.69) is 12.2 Å². The Kier molecular flexibility index (Phi) is 3.82. The van der Waals surface area contributed by atoms with Crippen LogP contribution in [0.1, 0.15) is 32.6 Å². The molecule has 2 fully saturated rings. The van der Waals surface area contributed by atoms with Crippen LogP contribution >= 0.6 is 0 Å². The Bertz CT molecular complexity index is 253. The Balaban J connectivity index is 1.87. The number of hydrogen-bond donors (Lipinski definition) is 1. The van der Waals surface area contributed by atoms with Gasteiger partial charge < -0.3 is 14.8 Å². The van der Waals surface area contributed by atoms with Crippen LogP contribution in [0.4, 0.5) is 0 Å². The highest BCUT2D eigenvalue weighted by atomic mass is 16.5. The minimum Gasteiger partial charge on any atom is -0.468 e. The second-order valence-corrected chi connectivity index (χ2v) is 4.91. The maximum Gasteiger partial charge on any atom is 0.323 e. The zero-order chi connectivity index (χ0) is 11.5. The van der Waals surface area contributed by atoms with Gasteiger partial charge in [0.05, 0.1) is 13.2 Å². The zero-order valence-corrected chi connectivity index (χ0v) is 10.1. The fourth-order valence-corrected chi connectivity index (χ4v) is 2.36. The fourth-order valence-electron chi connectivity index (χ4n) is 2.36. The van der Waals surface area contributed by atoms with E-state index >= 15 is 0 Å². The number of methoxy groups -OCH3 is 1. The Labute approximate surface area is 96.7 Å². The van der Waals surface area contributed by atoms with Gasteiger partial charge in [-0.3, -0.25) is 4.79 Å². The second-order valence-electron chi connectivity index (χ2n) is 4.91. The van der Waals surface area contributed by atoms with Crippen molar-refractivity contribution in [3.05, 3.63) is 0 Å². The third kappa shape index (κ3) is 2.95. The van der Waals surface area contributed by atoms with Crippen molar-refractivity contribution < 1.29 is 14.3 Å². The fraction of sp³-hybridized carbons (Fsp3) is 0.917. The van der Waals surface area contributed by atoms with Crippen molar-refractivity contribution in [1.29, 1.82) is 0 Å². The van der Waals surface area contributed by atoms with E-state index in [1.54, 1.807) is 0 Å². The molecule has 1 aliphatic heterocycles. The van der Waals surface area contributed by atoms with Crippen LogP contribution in [0, 0.1) is 5.92 Å². The number of rotatable bonds is 4. The van der Waals surface area contributed by atoms with Crippen molar-refractivity contribution in [3.8, 4) is 0 Å². The van der Waals surface area contributed by atoms with Gasteiger partial charge in [-0.2, -0.15) is 0 Å². The summed E-state index contributed by atoms with van der Waals surface area (Å²) < 4.78 is 10.3. The summed E-state index contributed by atoms with van der Waals surface area (Å²) in [7, 11) is 1.46. The van der Waals surface area contributed by atoms with Crippen LogP contribution in [0.15, 0.2) is 0 Å². The Morgan fingerprint density at radius 1 is 1.44 bits per heavy atom. The van der Waals surface area contributed by atoms with Crippen LogP contribution in [0.2, 0.25) is 0 Å². The van der Waals surface area contributed by atoms with Crippen molar-refractivity contribution in [1.82, 2.24) is 5.32 Å². The van der Waals surface area contributed by atoms with Crippen LogP contribution < -0.4 is 5.32 Å². The molecule has 2 rings (SSSR count). The summed E-state index contributed by atoms with van der Waals surface area (Å²) in [5, 5.41) is 3.44. The van der Waals surface area contributed by atoms with E-state index in [1.165, 1.54) is 7.11 Å². The molecule has 0 bridgehead atoms. The molecular formula is C12H21NO3. The molecule has 0 aromatic heterocycles. The van der Waals surface area contributed by atoms with Gasteiger partial charge in [0.15, 0.2) is 0 Å². The van der Waals surface area contributed by atoms with Gasteiger partial charge in [-0.15, -0.1) is 0 Å². The summed E-state index contributed by atoms with van der Waals surface area (Å²) in [5.74, 6) is 0.382. The molecule has 4 heteroatoms. The first-order valence-electron chi connectivity index (χ1n) is 6.16. The van der Waals surface area contributed by atoms with Crippen molar-refractivity contribution in [2.45, 2.75) is 50.8 Å². The highest BCUT2D eigenvalue weighted by molar-refractivity contribution is 5.76. The zero-order valence-electron chi connectivity index (χ0n) is 10.1. The summed E-state index contributed by atoms with van der Waals surface area (Å²) in [6, 6.07) is 0.300. The molecule has 0 aromatic carbocycles. The molecular weight excluding hydrogens is 206 g/mol. The minimum atomic E-state index is -0.110. The molecule has 3 unspecified atom stereocenters. The number of ether oxygens (including phenoxy) is 2. The van der Waals surface area contributed by atoms with Crippen LogP contribution in [0.25, 0.3) is 0 Å². The number of carbonyl (C=O) groups excluding carboxylic acids is 1. The smallest absolute Gasteiger partial charge is 0.323 e. The van der Waals surface area contributed by atoms with E-state index in [1.807, 2.05) is 0 Å². The van der Waals surface area contributed by atoms with Gasteiger partial charge in [-0.05, 0) is 38.5 Å². The lowest BCUT2D eigenvalue weighted by atomic mass is 10.0. The van der Waals surface area contributed by atoms with Gasteiger partial charge in [-0.25, -0.2) is 0 Å². The number of hydrogen-bond acceptors (Lipinski definition) is 4. The van der Waals surface area contributed by atoms with Gasteiger partial charge in [0.1, 0.15) is 6.04 Å². The molecule has 0 amide bonds. The lowest BCUT2D eigenvalue weighted by molar-refractivity contribution is -0.144. The van der Waals surface area contributed by atoms with Gasteiger partial charge in [0.2, 0.25) is 0 Å². The number of esters is 1. The number of carbonyl (C=O) groups is 1. The summed E-state index contributed by atoms with van der Waals surface area (Å²) in [6.45, 7) is 2.87. The minimum absolute atomic E-state index is 0.0969. The Morgan fingerprint density at radius 2 is 2.19 bits per heavy atom. The molecule has 0 radical (unpaired) electrons. The van der Waals surface area contributed by atoms with Crippen LogP contribution in [0.5, 0.6) is 0 Å². The highest BCUT2D eigenvalue weighted by Crippen LogP contribution is 2.33. The molecule has 1 saturated heterocycles. The van der Waals surface area contributed by atoms with E-state index < -0.39 is 0 Å². The Hall–Kier alpha value is -0.610. The maximum absolute atomic E-state index is 11.6. The molecule has 0 aromatic rings. The van der Waals surface area contributed by atoms with E-state index in [-0.39, 0.29) is 12.0 Å². The summed E-state index contributed by atoms with van der Waals surface area (Å²) >= 11 is 0. The standard InChI is InChI=1S/C12H21NO3/c1-8-7-10(5-6-16-8)13-11(9-3-4-9)12(14)15-2/h8-11,13H,3-7H2,1-2H3. The first-order valence-corrected chi connectivity index (χ1v) is 6.16. The van der Waals surface area contributed by atoms with E-state index in [9.17, 15) is 4.79 Å². The molecule has 0 spiro atoms. The lowest BCUT2D eigenvalue weighted by Gasteiger charge is -2.30.